The Kier molecular flexibility index (Phi) is 7.80. The average molecular weight is 379 g/mol. The van der Waals surface area contributed by atoms with Crippen molar-refractivity contribution in [3.63, 3.8) is 0 Å². The van der Waals surface area contributed by atoms with Gasteiger partial charge in [-0.05, 0) is 25.8 Å². The fraction of sp³-hybridized carbons (Fsp3) is 0.571. The number of nitrogens with one attached hydrogen (secondary N) is 1. The summed E-state index contributed by atoms with van der Waals surface area (Å²) >= 11 is 0.681. The smallest absolute Gasteiger partial charge is 0.348 e. The van der Waals surface area contributed by atoms with Gasteiger partial charge in [0.2, 0.25) is 0 Å². The van der Waals surface area contributed by atoms with Crippen LogP contribution in [0.15, 0.2) is 4.21 Å². The molecule has 1 rings (SSSR count). The van der Waals surface area contributed by atoms with Crippen LogP contribution in [0, 0.1) is 6.92 Å². The predicted octanol–water partition coefficient (Wildman–Crippen LogP) is 1.33. The van der Waals surface area contributed by atoms with Crippen molar-refractivity contribution < 1.29 is 32.2 Å². The molecule has 0 saturated carbocycles. The van der Waals surface area contributed by atoms with Crippen molar-refractivity contribution in [1.29, 1.82) is 0 Å². The molecule has 0 aromatic carbocycles. The van der Waals surface area contributed by atoms with Gasteiger partial charge in [-0.3, -0.25) is 0 Å². The molecule has 0 radical (unpaired) electrons. The first kappa shape index (κ1) is 20.6. The normalized spacial score (nSPS) is 11.3. The third-order valence-electron chi connectivity index (χ3n) is 3.08. The highest BCUT2D eigenvalue weighted by Crippen LogP contribution is 2.33. The van der Waals surface area contributed by atoms with E-state index in [9.17, 15) is 18.0 Å². The van der Waals surface area contributed by atoms with Crippen molar-refractivity contribution in [1.82, 2.24) is 4.72 Å². The van der Waals surface area contributed by atoms with E-state index in [-0.39, 0.29) is 26.8 Å². The van der Waals surface area contributed by atoms with Gasteiger partial charge in [-0.1, -0.05) is 0 Å². The Bertz CT molecular complexity index is 694. The minimum atomic E-state index is -3.97. The molecule has 0 aliphatic heterocycles. The van der Waals surface area contributed by atoms with E-state index in [0.717, 1.165) is 7.11 Å². The van der Waals surface area contributed by atoms with Gasteiger partial charge in [-0.25, -0.2) is 22.7 Å². The highest BCUT2D eigenvalue weighted by atomic mass is 32.2. The summed E-state index contributed by atoms with van der Waals surface area (Å²) in [7, 11) is -1.65. The first-order valence-corrected chi connectivity index (χ1v) is 9.47. The van der Waals surface area contributed by atoms with Crippen LogP contribution in [0.5, 0.6) is 0 Å². The summed E-state index contributed by atoms with van der Waals surface area (Å²) in [6.45, 7) is 4.43. The molecule has 1 aromatic rings. The summed E-state index contributed by atoms with van der Waals surface area (Å²) in [5.41, 5.74) is 0.0635. The summed E-state index contributed by atoms with van der Waals surface area (Å²) in [6, 6.07) is 0. The van der Waals surface area contributed by atoms with Gasteiger partial charge < -0.3 is 14.2 Å². The number of rotatable bonds is 9. The Morgan fingerprint density at radius 2 is 1.79 bits per heavy atom. The molecule has 0 bridgehead atoms. The summed E-state index contributed by atoms with van der Waals surface area (Å²) in [5.74, 6) is -1.53. The van der Waals surface area contributed by atoms with Gasteiger partial charge in [0, 0.05) is 19.8 Å². The second-order valence-corrected chi connectivity index (χ2v) is 7.63. The van der Waals surface area contributed by atoms with Crippen LogP contribution >= 0.6 is 11.3 Å². The molecule has 0 amide bonds. The Morgan fingerprint density at radius 3 is 2.33 bits per heavy atom. The monoisotopic (exact) mass is 379 g/mol. The summed E-state index contributed by atoms with van der Waals surface area (Å²) < 4.78 is 41.5. The van der Waals surface area contributed by atoms with Crippen LogP contribution in [0.1, 0.15) is 38.9 Å². The molecule has 136 valence electrons. The first-order valence-electron chi connectivity index (χ1n) is 7.17. The first-order chi connectivity index (χ1) is 11.3. The number of hydrogen-bond acceptors (Lipinski definition) is 8. The van der Waals surface area contributed by atoms with Gasteiger partial charge in [-0.2, -0.15) is 0 Å². The second-order valence-electron chi connectivity index (χ2n) is 4.65. The van der Waals surface area contributed by atoms with Crippen molar-refractivity contribution in [2.24, 2.45) is 0 Å². The summed E-state index contributed by atoms with van der Waals surface area (Å²) in [5, 5.41) is 0. The Hall–Kier alpha value is -1.49. The standard InChI is InChI=1S/C14H21NO7S2/c1-5-22-8-6-7-15-24(18,19)14-10(12(16)20-3)9(2)11(23-14)13(17)21-4/h15H,5-8H2,1-4H3. The lowest BCUT2D eigenvalue weighted by Crippen LogP contribution is -2.26. The van der Waals surface area contributed by atoms with Crippen LogP contribution in [-0.2, 0) is 24.2 Å². The summed E-state index contributed by atoms with van der Waals surface area (Å²) in [6.07, 6.45) is 0.481. The molecule has 1 heterocycles. The van der Waals surface area contributed by atoms with E-state index in [4.69, 9.17) is 4.74 Å². The third-order valence-corrected chi connectivity index (χ3v) is 6.33. The van der Waals surface area contributed by atoms with Gasteiger partial charge in [0.05, 0.1) is 19.8 Å². The number of hydrogen-bond donors (Lipinski definition) is 1. The Labute approximate surface area is 145 Å². The van der Waals surface area contributed by atoms with Crippen molar-refractivity contribution in [2.45, 2.75) is 24.5 Å². The number of carbonyl (C=O) groups is 2. The predicted molar refractivity (Wildman–Crippen MR) is 88.0 cm³/mol. The molecule has 0 atom stereocenters. The van der Waals surface area contributed by atoms with E-state index < -0.39 is 22.0 Å². The molecule has 10 heteroatoms. The molecule has 8 nitrogen and oxygen atoms in total. The minimum absolute atomic E-state index is 0.0487. The molecular weight excluding hydrogens is 358 g/mol. The van der Waals surface area contributed by atoms with E-state index in [1.165, 1.54) is 14.0 Å². The zero-order chi connectivity index (χ0) is 18.3. The van der Waals surface area contributed by atoms with Crippen LogP contribution in [0.25, 0.3) is 0 Å². The van der Waals surface area contributed by atoms with Crippen molar-refractivity contribution in [2.75, 3.05) is 34.0 Å². The van der Waals surface area contributed by atoms with E-state index in [0.29, 0.717) is 31.0 Å². The lowest BCUT2D eigenvalue weighted by Gasteiger charge is -2.07. The van der Waals surface area contributed by atoms with E-state index in [1.807, 2.05) is 6.92 Å². The quantitative estimate of drug-likeness (QED) is 0.509. The lowest BCUT2D eigenvalue weighted by molar-refractivity contribution is 0.0596. The SMILES string of the molecule is CCOCCCNS(=O)(=O)c1sc(C(=O)OC)c(C)c1C(=O)OC. The van der Waals surface area contributed by atoms with Gasteiger partial charge in [0.25, 0.3) is 10.0 Å². The van der Waals surface area contributed by atoms with E-state index in [2.05, 4.69) is 14.2 Å². The Morgan fingerprint density at radius 1 is 1.17 bits per heavy atom. The van der Waals surface area contributed by atoms with Crippen LogP contribution < -0.4 is 4.72 Å². The van der Waals surface area contributed by atoms with Gasteiger partial charge in [0.1, 0.15) is 4.88 Å². The van der Waals surface area contributed by atoms with Crippen molar-refractivity contribution in [3.05, 3.63) is 16.0 Å². The molecule has 0 unspecified atom stereocenters. The van der Waals surface area contributed by atoms with Crippen molar-refractivity contribution in [3.8, 4) is 0 Å². The molecular formula is C14H21NO7S2. The largest absolute Gasteiger partial charge is 0.465 e. The zero-order valence-electron chi connectivity index (χ0n) is 14.0. The number of methoxy groups -OCH3 is 2. The van der Waals surface area contributed by atoms with Crippen molar-refractivity contribution >= 4 is 33.3 Å². The maximum absolute atomic E-state index is 12.5. The number of carbonyl (C=O) groups excluding carboxylic acids is 2. The Balaban J connectivity index is 3.16. The number of esters is 2. The maximum atomic E-state index is 12.5. The van der Waals surface area contributed by atoms with Gasteiger partial charge in [0.15, 0.2) is 4.21 Å². The number of thiophene rings is 1. The molecule has 1 aromatic heterocycles. The third kappa shape index (κ3) is 4.76. The van der Waals surface area contributed by atoms with Gasteiger partial charge >= 0.3 is 11.9 Å². The molecule has 0 spiro atoms. The topological polar surface area (TPSA) is 108 Å². The maximum Gasteiger partial charge on any atom is 0.348 e. The lowest BCUT2D eigenvalue weighted by atomic mass is 10.2. The van der Waals surface area contributed by atoms with E-state index in [1.54, 1.807) is 0 Å². The molecule has 0 aliphatic rings. The second kappa shape index (κ2) is 9.11. The fourth-order valence-corrected chi connectivity index (χ4v) is 4.75. The van der Waals surface area contributed by atoms with Crippen LogP contribution in [0.4, 0.5) is 0 Å². The fourth-order valence-electron chi connectivity index (χ4n) is 1.89. The molecule has 0 aliphatic carbocycles. The van der Waals surface area contributed by atoms with Crippen LogP contribution in [0.2, 0.25) is 0 Å². The van der Waals surface area contributed by atoms with Gasteiger partial charge in [-0.15, -0.1) is 11.3 Å². The van der Waals surface area contributed by atoms with E-state index >= 15 is 0 Å². The molecule has 0 fully saturated rings. The zero-order valence-corrected chi connectivity index (χ0v) is 15.6. The number of ether oxygens (including phenoxy) is 3. The molecule has 24 heavy (non-hydrogen) atoms. The van der Waals surface area contributed by atoms with Crippen LogP contribution in [0.3, 0.4) is 0 Å². The minimum Gasteiger partial charge on any atom is -0.465 e. The highest BCUT2D eigenvalue weighted by Gasteiger charge is 2.32. The average Bonchev–Trinajstić information content (AvgIpc) is 2.91. The highest BCUT2D eigenvalue weighted by molar-refractivity contribution is 7.91. The number of sulfonamides is 1. The molecule has 1 N–H and O–H groups in total. The van der Waals surface area contributed by atoms with Crippen LogP contribution in [-0.4, -0.2) is 54.3 Å². The summed E-state index contributed by atoms with van der Waals surface area (Å²) in [4.78, 5) is 23.8. The molecule has 0 saturated heterocycles.